The van der Waals surface area contributed by atoms with Crippen molar-refractivity contribution in [3.8, 4) is 17.2 Å². The van der Waals surface area contributed by atoms with Gasteiger partial charge in [-0.2, -0.15) is 5.10 Å². The van der Waals surface area contributed by atoms with E-state index in [4.69, 9.17) is 4.98 Å². The summed E-state index contributed by atoms with van der Waals surface area (Å²) in [4.78, 5) is 7.15. The van der Waals surface area contributed by atoms with Crippen LogP contribution in [0.1, 0.15) is 39.7 Å². The first-order valence-electron chi connectivity index (χ1n) is 10.3. The normalized spacial score (nSPS) is 17.8. The summed E-state index contributed by atoms with van der Waals surface area (Å²) in [6.07, 6.45) is 8.96. The van der Waals surface area contributed by atoms with Crippen LogP contribution in [0, 0.1) is 16.6 Å². The fourth-order valence-electron chi connectivity index (χ4n) is 3.99. The first kappa shape index (κ1) is 20.2. The van der Waals surface area contributed by atoms with Gasteiger partial charge in [-0.1, -0.05) is 33.8 Å². The first-order valence-corrected chi connectivity index (χ1v) is 10.3. The van der Waals surface area contributed by atoms with Crippen molar-refractivity contribution in [3.63, 3.8) is 0 Å². The van der Waals surface area contributed by atoms with Gasteiger partial charge in [0.25, 0.3) is 6.71 Å². The molecule has 2 aromatic rings. The predicted octanol–water partition coefficient (Wildman–Crippen LogP) is 4.70. The molecular formula is C22H30BN5. The molecule has 4 rings (SSSR count). The van der Waals surface area contributed by atoms with Crippen LogP contribution in [0.15, 0.2) is 30.6 Å². The third kappa shape index (κ3) is 4.14. The van der Waals surface area contributed by atoms with E-state index in [1.165, 1.54) is 12.0 Å². The Morgan fingerprint density at radius 1 is 1.25 bits per heavy atom. The highest BCUT2D eigenvalue weighted by molar-refractivity contribution is 6.70. The van der Waals surface area contributed by atoms with Crippen molar-refractivity contribution in [2.24, 2.45) is 12.5 Å². The molecule has 0 radical (unpaired) electrons. The highest BCUT2D eigenvalue weighted by Gasteiger charge is 2.31. The Hall–Kier alpha value is -2.55. The van der Waals surface area contributed by atoms with E-state index < -0.39 is 0 Å². The second-order valence-electron chi connectivity index (χ2n) is 8.29. The number of nitrogens with zero attached hydrogens (tertiary/aromatic N) is 5. The summed E-state index contributed by atoms with van der Waals surface area (Å²) in [6, 6.07) is 4.23. The number of hydrogen-bond acceptors (Lipinski definition) is 4. The molecule has 4 heterocycles. The van der Waals surface area contributed by atoms with Crippen LogP contribution in [0.2, 0.25) is 12.6 Å². The number of anilines is 1. The summed E-state index contributed by atoms with van der Waals surface area (Å²) in [6.45, 7) is 10.8. The van der Waals surface area contributed by atoms with Crippen molar-refractivity contribution in [2.45, 2.75) is 46.8 Å². The van der Waals surface area contributed by atoms with Crippen molar-refractivity contribution in [1.82, 2.24) is 14.8 Å². The molecule has 0 atom stereocenters. The molecular weight excluding hydrogens is 345 g/mol. The quantitative estimate of drug-likeness (QED) is 0.730. The van der Waals surface area contributed by atoms with Crippen molar-refractivity contribution < 1.29 is 0 Å². The molecule has 0 aromatic carbocycles. The van der Waals surface area contributed by atoms with Gasteiger partial charge in [0.15, 0.2) is 0 Å². The third-order valence-electron chi connectivity index (χ3n) is 5.52. The Morgan fingerprint density at radius 2 is 2.04 bits per heavy atom. The van der Waals surface area contributed by atoms with Crippen molar-refractivity contribution in [1.29, 1.82) is 5.26 Å². The third-order valence-corrected chi connectivity index (χ3v) is 5.52. The van der Waals surface area contributed by atoms with E-state index in [-0.39, 0.29) is 6.71 Å². The van der Waals surface area contributed by atoms with Gasteiger partial charge in [0, 0.05) is 49.6 Å². The average molecular weight is 375 g/mol. The minimum absolute atomic E-state index is 0.0839. The number of pyridine rings is 1. The SMILES string of the molecule is CC.Cn1ccc(-c2cc(N3CCC(C)(C)C3)ncc2C2=CCB(C#N)C2)n1. The van der Waals surface area contributed by atoms with E-state index >= 15 is 0 Å². The molecule has 2 aromatic heterocycles. The molecule has 2 aliphatic heterocycles. The summed E-state index contributed by atoms with van der Waals surface area (Å²) in [5, 5.41) is 13.9. The lowest BCUT2D eigenvalue weighted by Crippen LogP contribution is -2.23. The lowest BCUT2D eigenvalue weighted by Gasteiger charge is -2.22. The number of allylic oxidation sites excluding steroid dienone is 2. The van der Waals surface area contributed by atoms with Gasteiger partial charge in [-0.15, -0.1) is 0 Å². The molecule has 146 valence electrons. The number of nitriles is 1. The topological polar surface area (TPSA) is 57.7 Å². The molecule has 0 amide bonds. The minimum Gasteiger partial charge on any atom is -0.356 e. The summed E-state index contributed by atoms with van der Waals surface area (Å²) >= 11 is 0. The Labute approximate surface area is 169 Å². The maximum atomic E-state index is 9.24. The Bertz CT molecular complexity index is 906. The predicted molar refractivity (Wildman–Crippen MR) is 117 cm³/mol. The molecule has 0 spiro atoms. The maximum Gasteiger partial charge on any atom is 0.276 e. The van der Waals surface area contributed by atoms with Crippen LogP contribution in [0.4, 0.5) is 5.82 Å². The molecule has 6 heteroatoms. The summed E-state index contributed by atoms with van der Waals surface area (Å²) in [5.41, 5.74) is 4.75. The van der Waals surface area contributed by atoms with Crippen LogP contribution < -0.4 is 4.90 Å². The summed E-state index contributed by atoms with van der Waals surface area (Å²) < 4.78 is 1.83. The highest BCUT2D eigenvalue weighted by Crippen LogP contribution is 2.38. The summed E-state index contributed by atoms with van der Waals surface area (Å²) in [7, 11) is 1.94. The number of aryl methyl sites for hydroxylation is 1. The molecule has 0 aliphatic carbocycles. The molecule has 0 N–H and O–H groups in total. The Kier molecular flexibility index (Phi) is 5.93. The van der Waals surface area contributed by atoms with Gasteiger partial charge in [0.1, 0.15) is 5.82 Å². The van der Waals surface area contributed by atoms with Gasteiger partial charge in [-0.05, 0) is 42.2 Å². The van der Waals surface area contributed by atoms with Gasteiger partial charge in [-0.3, -0.25) is 4.68 Å². The van der Waals surface area contributed by atoms with Gasteiger partial charge < -0.3 is 4.90 Å². The van der Waals surface area contributed by atoms with Gasteiger partial charge in [0.2, 0.25) is 0 Å². The van der Waals surface area contributed by atoms with Crippen molar-refractivity contribution in [2.75, 3.05) is 18.0 Å². The standard InChI is InChI=1S/C20H24BN5.C2H6/c1-20(2)6-9-26(13-20)19-10-16(18-5-8-25(3)24-18)17(12-23-19)15-4-7-21(11-15)14-22;1-2/h4-5,8,10,12H,6-7,9,11,13H2,1-3H3;1-2H3. The number of hydrogen-bond donors (Lipinski definition) is 0. The highest BCUT2D eigenvalue weighted by atomic mass is 15.2. The molecule has 1 saturated heterocycles. The van der Waals surface area contributed by atoms with Gasteiger partial charge >= 0.3 is 0 Å². The van der Waals surface area contributed by atoms with Crippen molar-refractivity contribution >= 4 is 18.1 Å². The fraction of sp³-hybridized carbons (Fsp3) is 0.500. The van der Waals surface area contributed by atoms with Crippen LogP contribution in [-0.4, -0.2) is 34.6 Å². The van der Waals surface area contributed by atoms with Gasteiger partial charge in [0.05, 0.1) is 5.69 Å². The molecule has 0 unspecified atom stereocenters. The zero-order chi connectivity index (χ0) is 20.3. The van der Waals surface area contributed by atoms with Crippen molar-refractivity contribution in [3.05, 3.63) is 36.2 Å². The van der Waals surface area contributed by atoms with Crippen LogP contribution in [-0.2, 0) is 7.05 Å². The number of rotatable bonds is 3. The van der Waals surface area contributed by atoms with E-state index in [1.54, 1.807) is 0 Å². The van der Waals surface area contributed by atoms with Crippen LogP contribution >= 0.6 is 0 Å². The van der Waals surface area contributed by atoms with E-state index in [2.05, 4.69) is 42.0 Å². The van der Waals surface area contributed by atoms with Crippen LogP contribution in [0.25, 0.3) is 16.8 Å². The largest absolute Gasteiger partial charge is 0.356 e. The molecule has 2 aliphatic rings. The lowest BCUT2D eigenvalue weighted by atomic mass is 9.49. The average Bonchev–Trinajstić information content (AvgIpc) is 3.42. The smallest absolute Gasteiger partial charge is 0.276 e. The van der Waals surface area contributed by atoms with Crippen LogP contribution in [0.3, 0.4) is 0 Å². The minimum atomic E-state index is 0.0839. The second-order valence-corrected chi connectivity index (χ2v) is 8.29. The monoisotopic (exact) mass is 375 g/mol. The summed E-state index contributed by atoms with van der Waals surface area (Å²) in [5.74, 6) is 3.42. The zero-order valence-electron chi connectivity index (χ0n) is 17.7. The molecule has 0 saturated carbocycles. The Balaban J connectivity index is 0.00000109. The molecule has 1 fully saturated rings. The van der Waals surface area contributed by atoms with E-state index in [1.807, 2.05) is 44.0 Å². The first-order chi connectivity index (χ1) is 13.4. The van der Waals surface area contributed by atoms with Gasteiger partial charge in [-0.25, -0.2) is 10.2 Å². The van der Waals surface area contributed by atoms with E-state index in [9.17, 15) is 5.26 Å². The Morgan fingerprint density at radius 3 is 2.61 bits per heavy atom. The fourth-order valence-corrected chi connectivity index (χ4v) is 3.99. The van der Waals surface area contributed by atoms with Crippen LogP contribution in [0.5, 0.6) is 0 Å². The zero-order valence-corrected chi connectivity index (χ0v) is 17.7. The second kappa shape index (κ2) is 8.22. The van der Waals surface area contributed by atoms with E-state index in [0.29, 0.717) is 5.41 Å². The lowest BCUT2D eigenvalue weighted by molar-refractivity contribution is 0.418. The molecule has 0 bridgehead atoms. The van der Waals surface area contributed by atoms with E-state index in [0.717, 1.165) is 48.4 Å². The maximum absolute atomic E-state index is 9.24. The molecule has 5 nitrogen and oxygen atoms in total. The molecule has 28 heavy (non-hydrogen) atoms. The number of aromatic nitrogens is 3.